The van der Waals surface area contributed by atoms with E-state index in [2.05, 4.69) is 15.0 Å². The predicted octanol–water partition coefficient (Wildman–Crippen LogP) is 7.00. The molecular formula is C30H35F4N5O4S. The number of alkyl halides is 4. The van der Waals surface area contributed by atoms with Crippen molar-refractivity contribution in [1.82, 2.24) is 15.0 Å². The summed E-state index contributed by atoms with van der Waals surface area (Å²) in [6.45, 7) is 3.09. The van der Waals surface area contributed by atoms with Crippen LogP contribution in [0.2, 0.25) is 0 Å². The van der Waals surface area contributed by atoms with Crippen LogP contribution in [0.15, 0.2) is 42.7 Å². The van der Waals surface area contributed by atoms with Crippen molar-refractivity contribution in [3.63, 3.8) is 0 Å². The Bertz CT molecular complexity index is 1410. The van der Waals surface area contributed by atoms with Gasteiger partial charge in [-0.1, -0.05) is 13.0 Å². The van der Waals surface area contributed by atoms with E-state index in [0.29, 0.717) is 36.6 Å². The van der Waals surface area contributed by atoms with Gasteiger partial charge in [-0.3, -0.25) is 4.90 Å². The van der Waals surface area contributed by atoms with E-state index in [9.17, 15) is 22.4 Å². The van der Waals surface area contributed by atoms with Crippen molar-refractivity contribution in [3.8, 4) is 11.6 Å². The zero-order valence-corrected chi connectivity index (χ0v) is 25.8. The molecule has 4 rings (SSSR count). The van der Waals surface area contributed by atoms with Gasteiger partial charge in [0.05, 0.1) is 55.7 Å². The normalized spacial score (nSPS) is 16.3. The summed E-state index contributed by atoms with van der Waals surface area (Å²) in [6.07, 6.45) is 0.628. The molecule has 1 aliphatic heterocycles. The summed E-state index contributed by atoms with van der Waals surface area (Å²) in [4.78, 5) is 30.1. The number of aromatic nitrogens is 3. The second-order valence-electron chi connectivity index (χ2n) is 10.00. The van der Waals surface area contributed by atoms with E-state index in [-0.39, 0.29) is 42.1 Å². The lowest BCUT2D eigenvalue weighted by atomic mass is 9.92. The Kier molecular flexibility index (Phi) is 11.1. The van der Waals surface area contributed by atoms with Crippen LogP contribution in [-0.4, -0.2) is 59.4 Å². The number of carbonyl (C=O) groups excluding carboxylic acids is 1. The van der Waals surface area contributed by atoms with E-state index in [4.69, 9.17) is 14.2 Å². The fourth-order valence-electron chi connectivity index (χ4n) is 5.13. The number of benzene rings is 1. The molecule has 0 radical (unpaired) electrons. The van der Waals surface area contributed by atoms with Gasteiger partial charge in [0.1, 0.15) is 6.67 Å². The number of hydrogen-bond donors (Lipinski definition) is 0. The number of hydrogen-bond acceptors (Lipinski definition) is 9. The second-order valence-corrected chi connectivity index (χ2v) is 11.0. The third-order valence-corrected chi connectivity index (χ3v) is 7.72. The highest BCUT2D eigenvalue weighted by molar-refractivity contribution is 7.98. The molecule has 44 heavy (non-hydrogen) atoms. The van der Waals surface area contributed by atoms with Crippen LogP contribution in [0, 0.1) is 0 Å². The number of fused-ring (bicyclic) bond motifs is 1. The van der Waals surface area contributed by atoms with E-state index in [1.54, 1.807) is 40.6 Å². The average molecular weight is 638 g/mol. The maximum atomic E-state index is 13.8. The number of carbonyl (C=O) groups is 1. The highest BCUT2D eigenvalue weighted by Gasteiger charge is 2.41. The molecule has 0 aliphatic carbocycles. The highest BCUT2D eigenvalue weighted by atomic mass is 32.2. The Balaban J connectivity index is 1.85. The van der Waals surface area contributed by atoms with Gasteiger partial charge in [-0.2, -0.15) is 24.9 Å². The van der Waals surface area contributed by atoms with E-state index >= 15 is 0 Å². The van der Waals surface area contributed by atoms with Crippen molar-refractivity contribution in [1.29, 1.82) is 0 Å². The molecule has 1 amide bonds. The number of nitrogens with zero attached hydrogens (tertiary/aromatic N) is 5. The van der Waals surface area contributed by atoms with Crippen LogP contribution >= 0.6 is 11.8 Å². The first kappa shape index (κ1) is 33.1. The molecule has 2 atom stereocenters. The Morgan fingerprint density at radius 2 is 1.86 bits per heavy atom. The number of amides is 1. The van der Waals surface area contributed by atoms with Crippen molar-refractivity contribution in [2.75, 3.05) is 42.1 Å². The molecule has 3 heterocycles. The van der Waals surface area contributed by atoms with Gasteiger partial charge in [0, 0.05) is 24.4 Å². The SMILES string of the molecule is CCOC(=O)N1c2ccc(OC)nc2[C@@H](N(Cc2cc(CF)cc(C(F)(F)F)c2)c2ncc(OCCSC)cn2)C[C@H]1CC. The summed E-state index contributed by atoms with van der Waals surface area (Å²) < 4.78 is 71.5. The molecule has 1 aromatic carbocycles. The lowest BCUT2D eigenvalue weighted by Crippen LogP contribution is -2.48. The highest BCUT2D eigenvalue weighted by Crippen LogP contribution is 2.43. The van der Waals surface area contributed by atoms with E-state index < -0.39 is 30.5 Å². The minimum atomic E-state index is -4.67. The predicted molar refractivity (Wildman–Crippen MR) is 160 cm³/mol. The first-order chi connectivity index (χ1) is 21.1. The van der Waals surface area contributed by atoms with Gasteiger partial charge in [0.15, 0.2) is 5.75 Å². The van der Waals surface area contributed by atoms with E-state index in [0.717, 1.165) is 17.9 Å². The minimum Gasteiger partial charge on any atom is -0.489 e. The van der Waals surface area contributed by atoms with Crippen LogP contribution in [-0.2, 0) is 24.1 Å². The number of rotatable bonds is 12. The number of thioether (sulfide) groups is 1. The van der Waals surface area contributed by atoms with Gasteiger partial charge in [-0.15, -0.1) is 0 Å². The Morgan fingerprint density at radius 3 is 2.48 bits per heavy atom. The monoisotopic (exact) mass is 637 g/mol. The van der Waals surface area contributed by atoms with Gasteiger partial charge < -0.3 is 19.1 Å². The molecule has 0 fully saturated rings. The van der Waals surface area contributed by atoms with Gasteiger partial charge >= 0.3 is 12.3 Å². The molecule has 0 spiro atoms. The molecule has 9 nitrogen and oxygen atoms in total. The van der Waals surface area contributed by atoms with Gasteiger partial charge in [-0.05, 0) is 55.3 Å². The first-order valence-corrected chi connectivity index (χ1v) is 15.5. The molecule has 3 aromatic rings. The molecule has 0 saturated carbocycles. The zero-order chi connectivity index (χ0) is 31.9. The first-order valence-electron chi connectivity index (χ1n) is 14.1. The largest absolute Gasteiger partial charge is 0.489 e. The van der Waals surface area contributed by atoms with Gasteiger partial charge in [0.25, 0.3) is 0 Å². The summed E-state index contributed by atoms with van der Waals surface area (Å²) in [7, 11) is 1.46. The lowest BCUT2D eigenvalue weighted by molar-refractivity contribution is -0.137. The standard InChI is InChI=1S/C30H35F4N5O4S/c1-5-22-14-25(27-24(7-8-26(37-27)41-3)39(22)29(40)42-6-2)38(28-35-16-23(17-36-28)43-9-10-44-4)18-20-11-19(15-31)12-21(13-20)30(32,33)34/h7-8,11-13,16-17,22,25H,5-6,9-10,14-15,18H2,1-4H3/t22-,25+/m1/s1. The Hall–Kier alpha value is -3.81. The number of methoxy groups -OCH3 is 1. The Morgan fingerprint density at radius 1 is 1.14 bits per heavy atom. The minimum absolute atomic E-state index is 0.100. The fourth-order valence-corrected chi connectivity index (χ4v) is 5.38. The van der Waals surface area contributed by atoms with E-state index in [1.807, 2.05) is 13.2 Å². The molecule has 0 bridgehead atoms. The summed E-state index contributed by atoms with van der Waals surface area (Å²) in [5.41, 5.74) is 0.0649. The third kappa shape index (κ3) is 7.63. The number of halogens is 4. The van der Waals surface area contributed by atoms with Crippen molar-refractivity contribution >= 4 is 29.5 Å². The average Bonchev–Trinajstić information content (AvgIpc) is 3.02. The quantitative estimate of drug-likeness (QED) is 0.154. The molecule has 0 N–H and O–H groups in total. The molecule has 0 saturated heterocycles. The summed E-state index contributed by atoms with van der Waals surface area (Å²) in [5, 5.41) is 0. The van der Waals surface area contributed by atoms with Gasteiger partial charge in [0.2, 0.25) is 11.8 Å². The molecule has 2 aromatic heterocycles. The molecule has 14 heteroatoms. The lowest BCUT2D eigenvalue weighted by Gasteiger charge is -2.43. The Labute approximate surface area is 257 Å². The van der Waals surface area contributed by atoms with Crippen LogP contribution in [0.4, 0.5) is 34.0 Å². The van der Waals surface area contributed by atoms with Crippen molar-refractivity contribution in [2.45, 2.75) is 58.2 Å². The fraction of sp³-hybridized carbons (Fsp3) is 0.467. The second kappa shape index (κ2) is 14.8. The zero-order valence-electron chi connectivity index (χ0n) is 24.9. The molecular weight excluding hydrogens is 602 g/mol. The van der Waals surface area contributed by atoms with Crippen LogP contribution < -0.4 is 19.3 Å². The summed E-state index contributed by atoms with van der Waals surface area (Å²) >= 11 is 1.62. The topological polar surface area (TPSA) is 89.9 Å². The number of pyridine rings is 1. The molecule has 1 aliphatic rings. The molecule has 238 valence electrons. The smallest absolute Gasteiger partial charge is 0.416 e. The van der Waals surface area contributed by atoms with Crippen molar-refractivity contribution in [3.05, 3.63) is 65.1 Å². The van der Waals surface area contributed by atoms with Crippen LogP contribution in [0.5, 0.6) is 11.6 Å². The number of ether oxygens (including phenoxy) is 3. The van der Waals surface area contributed by atoms with Gasteiger partial charge in [-0.25, -0.2) is 24.1 Å². The van der Waals surface area contributed by atoms with Crippen LogP contribution in [0.1, 0.15) is 55.1 Å². The maximum Gasteiger partial charge on any atom is 0.416 e. The maximum absolute atomic E-state index is 13.8. The molecule has 0 unspecified atom stereocenters. The summed E-state index contributed by atoms with van der Waals surface area (Å²) in [5.74, 6) is 1.68. The summed E-state index contributed by atoms with van der Waals surface area (Å²) in [6, 6.07) is 5.58. The van der Waals surface area contributed by atoms with Crippen LogP contribution in [0.25, 0.3) is 0 Å². The third-order valence-electron chi connectivity index (χ3n) is 7.15. The van der Waals surface area contributed by atoms with Crippen molar-refractivity contribution < 1.29 is 36.6 Å². The number of anilines is 2. The van der Waals surface area contributed by atoms with Crippen molar-refractivity contribution in [2.24, 2.45) is 0 Å². The van der Waals surface area contributed by atoms with E-state index in [1.165, 1.54) is 25.6 Å². The van der Waals surface area contributed by atoms with Crippen LogP contribution in [0.3, 0.4) is 0 Å².